The van der Waals surface area contributed by atoms with Gasteiger partial charge in [-0.25, -0.2) is 0 Å². The Morgan fingerprint density at radius 2 is 2.19 bits per heavy atom. The van der Waals surface area contributed by atoms with Crippen molar-refractivity contribution in [2.45, 2.75) is 51.6 Å². The highest BCUT2D eigenvalue weighted by Crippen LogP contribution is 2.33. The van der Waals surface area contributed by atoms with Gasteiger partial charge in [0, 0.05) is 18.8 Å². The third-order valence-electron chi connectivity index (χ3n) is 3.66. The Balaban J connectivity index is 2.03. The molecule has 1 saturated carbocycles. The van der Waals surface area contributed by atoms with Crippen LogP contribution in [0, 0.1) is 5.92 Å². The van der Waals surface area contributed by atoms with E-state index >= 15 is 0 Å². The van der Waals surface area contributed by atoms with E-state index in [0.717, 1.165) is 30.0 Å². The number of aryl methyl sites for hydroxylation is 2. The third-order valence-corrected chi connectivity index (χ3v) is 3.66. The molecule has 0 aromatic carbocycles. The van der Waals surface area contributed by atoms with Crippen LogP contribution in [0.25, 0.3) is 0 Å². The van der Waals surface area contributed by atoms with Crippen LogP contribution in [-0.2, 0) is 13.5 Å². The van der Waals surface area contributed by atoms with Crippen molar-refractivity contribution in [2.24, 2.45) is 13.0 Å². The Labute approximate surface area is 97.5 Å². The second kappa shape index (κ2) is 5.00. The number of aliphatic hydroxyl groups is 1. The Hall–Kier alpha value is -0.830. The number of aliphatic hydroxyl groups excluding tert-OH is 1. The molecule has 16 heavy (non-hydrogen) atoms. The summed E-state index contributed by atoms with van der Waals surface area (Å²) in [6, 6.07) is 0. The van der Waals surface area contributed by atoms with E-state index in [1.807, 2.05) is 17.9 Å². The molecule has 90 valence electrons. The molecule has 0 saturated heterocycles. The van der Waals surface area contributed by atoms with Crippen molar-refractivity contribution in [1.29, 1.82) is 0 Å². The molecule has 2 rings (SSSR count). The van der Waals surface area contributed by atoms with Crippen molar-refractivity contribution >= 4 is 0 Å². The minimum atomic E-state index is -0.313. The van der Waals surface area contributed by atoms with Crippen molar-refractivity contribution in [3.05, 3.63) is 17.5 Å². The molecule has 1 aromatic heterocycles. The van der Waals surface area contributed by atoms with Crippen LogP contribution in [0.3, 0.4) is 0 Å². The fraction of sp³-hybridized carbons (Fsp3) is 0.769. The summed E-state index contributed by atoms with van der Waals surface area (Å²) in [6.45, 7) is 2.09. The SMILES string of the molecule is CCc1nn(C)cc1C(O)CC1CCCC1. The first-order chi connectivity index (χ1) is 7.70. The zero-order chi connectivity index (χ0) is 11.5. The molecule has 1 aromatic rings. The maximum Gasteiger partial charge on any atom is 0.0826 e. The highest BCUT2D eigenvalue weighted by molar-refractivity contribution is 5.19. The Bertz CT molecular complexity index is 340. The zero-order valence-electron chi connectivity index (χ0n) is 10.3. The van der Waals surface area contributed by atoms with Crippen LogP contribution < -0.4 is 0 Å². The first-order valence-electron chi connectivity index (χ1n) is 6.41. The first kappa shape index (κ1) is 11.6. The van der Waals surface area contributed by atoms with Gasteiger partial charge in [0.25, 0.3) is 0 Å². The molecule has 0 amide bonds. The van der Waals surface area contributed by atoms with Crippen molar-refractivity contribution in [3.8, 4) is 0 Å². The maximum absolute atomic E-state index is 10.3. The van der Waals surface area contributed by atoms with Gasteiger partial charge in [0.15, 0.2) is 0 Å². The Kier molecular flexibility index (Phi) is 3.64. The number of hydrogen-bond acceptors (Lipinski definition) is 2. The van der Waals surface area contributed by atoms with E-state index < -0.39 is 0 Å². The topological polar surface area (TPSA) is 38.0 Å². The summed E-state index contributed by atoms with van der Waals surface area (Å²) in [5.41, 5.74) is 2.09. The molecule has 1 heterocycles. The second-order valence-electron chi connectivity index (χ2n) is 4.96. The first-order valence-corrected chi connectivity index (χ1v) is 6.41. The zero-order valence-corrected chi connectivity index (χ0v) is 10.3. The van der Waals surface area contributed by atoms with E-state index in [0.29, 0.717) is 0 Å². The number of hydrogen-bond donors (Lipinski definition) is 1. The van der Waals surface area contributed by atoms with Crippen molar-refractivity contribution in [2.75, 3.05) is 0 Å². The fourth-order valence-electron chi connectivity index (χ4n) is 2.79. The molecule has 1 unspecified atom stereocenters. The minimum Gasteiger partial charge on any atom is -0.388 e. The third kappa shape index (κ3) is 2.46. The number of rotatable bonds is 4. The van der Waals surface area contributed by atoms with Gasteiger partial charge in [-0.05, 0) is 18.8 Å². The van der Waals surface area contributed by atoms with E-state index in [1.165, 1.54) is 25.7 Å². The van der Waals surface area contributed by atoms with Crippen LogP contribution >= 0.6 is 0 Å². The lowest BCUT2D eigenvalue weighted by Crippen LogP contribution is -2.05. The largest absolute Gasteiger partial charge is 0.388 e. The summed E-state index contributed by atoms with van der Waals surface area (Å²) >= 11 is 0. The predicted molar refractivity (Wildman–Crippen MR) is 64.1 cm³/mol. The van der Waals surface area contributed by atoms with Gasteiger partial charge in [0.1, 0.15) is 0 Å². The minimum absolute atomic E-state index is 0.313. The smallest absolute Gasteiger partial charge is 0.0826 e. The number of aromatic nitrogens is 2. The molecule has 3 nitrogen and oxygen atoms in total. The van der Waals surface area contributed by atoms with E-state index in [-0.39, 0.29) is 6.10 Å². The lowest BCUT2D eigenvalue weighted by molar-refractivity contribution is 0.144. The summed E-state index contributed by atoms with van der Waals surface area (Å²) < 4.78 is 1.81. The lowest BCUT2D eigenvalue weighted by Gasteiger charge is -2.14. The molecular weight excluding hydrogens is 200 g/mol. The molecule has 0 bridgehead atoms. The maximum atomic E-state index is 10.3. The summed E-state index contributed by atoms with van der Waals surface area (Å²) in [6.07, 6.45) is 8.73. The predicted octanol–water partition coefficient (Wildman–Crippen LogP) is 2.60. The molecule has 1 N–H and O–H groups in total. The van der Waals surface area contributed by atoms with Gasteiger partial charge in [-0.2, -0.15) is 5.10 Å². The van der Waals surface area contributed by atoms with Gasteiger partial charge >= 0.3 is 0 Å². The second-order valence-corrected chi connectivity index (χ2v) is 4.96. The van der Waals surface area contributed by atoms with Gasteiger partial charge in [-0.3, -0.25) is 4.68 Å². The molecule has 1 atom stereocenters. The summed E-state index contributed by atoms with van der Waals surface area (Å²) in [4.78, 5) is 0. The van der Waals surface area contributed by atoms with Crippen LogP contribution in [0.1, 0.15) is 56.4 Å². The van der Waals surface area contributed by atoms with E-state index in [2.05, 4.69) is 12.0 Å². The van der Waals surface area contributed by atoms with E-state index in [4.69, 9.17) is 0 Å². The van der Waals surface area contributed by atoms with Crippen LogP contribution in [0.4, 0.5) is 0 Å². The molecule has 1 aliphatic carbocycles. The van der Waals surface area contributed by atoms with E-state index in [9.17, 15) is 5.11 Å². The average Bonchev–Trinajstić information content (AvgIpc) is 2.86. The van der Waals surface area contributed by atoms with Gasteiger partial charge in [0.2, 0.25) is 0 Å². The van der Waals surface area contributed by atoms with Crippen LogP contribution in [-0.4, -0.2) is 14.9 Å². The van der Waals surface area contributed by atoms with Crippen LogP contribution in [0.15, 0.2) is 6.20 Å². The highest BCUT2D eigenvalue weighted by atomic mass is 16.3. The van der Waals surface area contributed by atoms with Gasteiger partial charge in [0.05, 0.1) is 11.8 Å². The summed E-state index contributed by atoms with van der Waals surface area (Å²) in [7, 11) is 1.92. The highest BCUT2D eigenvalue weighted by Gasteiger charge is 2.22. The van der Waals surface area contributed by atoms with Gasteiger partial charge < -0.3 is 5.11 Å². The van der Waals surface area contributed by atoms with Gasteiger partial charge in [-0.1, -0.05) is 32.6 Å². The van der Waals surface area contributed by atoms with Crippen molar-refractivity contribution in [3.63, 3.8) is 0 Å². The average molecular weight is 222 g/mol. The van der Waals surface area contributed by atoms with E-state index in [1.54, 1.807) is 0 Å². The molecule has 1 aliphatic rings. The van der Waals surface area contributed by atoms with Crippen molar-refractivity contribution < 1.29 is 5.11 Å². The molecule has 1 fully saturated rings. The summed E-state index contributed by atoms with van der Waals surface area (Å²) in [5, 5.41) is 14.6. The normalized spacial score (nSPS) is 19.2. The quantitative estimate of drug-likeness (QED) is 0.850. The molecular formula is C13H22N2O. The fourth-order valence-corrected chi connectivity index (χ4v) is 2.79. The molecule has 3 heteroatoms. The monoisotopic (exact) mass is 222 g/mol. The molecule has 0 aliphatic heterocycles. The van der Waals surface area contributed by atoms with Gasteiger partial charge in [-0.15, -0.1) is 0 Å². The summed E-state index contributed by atoms with van der Waals surface area (Å²) in [5.74, 6) is 0.722. The Morgan fingerprint density at radius 3 is 2.81 bits per heavy atom. The lowest BCUT2D eigenvalue weighted by atomic mass is 9.95. The van der Waals surface area contributed by atoms with Crippen LogP contribution in [0.2, 0.25) is 0 Å². The molecule has 0 spiro atoms. The van der Waals surface area contributed by atoms with Crippen molar-refractivity contribution in [1.82, 2.24) is 9.78 Å². The standard InChI is InChI=1S/C13H22N2O/c1-3-12-11(9-15(2)14-12)13(16)8-10-6-4-5-7-10/h9-10,13,16H,3-8H2,1-2H3. The molecule has 0 radical (unpaired) electrons. The van der Waals surface area contributed by atoms with Crippen LogP contribution in [0.5, 0.6) is 0 Å². The Morgan fingerprint density at radius 1 is 1.50 bits per heavy atom. The number of nitrogens with zero attached hydrogens (tertiary/aromatic N) is 2.